The third kappa shape index (κ3) is 7.18. The topological polar surface area (TPSA) is 68.9 Å². The third-order valence-corrected chi connectivity index (χ3v) is 2.78. The van der Waals surface area contributed by atoms with Crippen molar-refractivity contribution in [1.29, 1.82) is 0 Å². The molecule has 0 amide bonds. The summed E-state index contributed by atoms with van der Waals surface area (Å²) in [5.74, 6) is 1.20. The van der Waals surface area contributed by atoms with Crippen LogP contribution in [0.4, 0.5) is 0 Å². The van der Waals surface area contributed by atoms with Crippen LogP contribution < -0.4 is 11.1 Å². The van der Waals surface area contributed by atoms with Crippen molar-refractivity contribution in [2.75, 3.05) is 39.5 Å². The van der Waals surface area contributed by atoms with Crippen molar-refractivity contribution in [2.24, 2.45) is 16.6 Å². The Hall–Kier alpha value is -0.810. The van der Waals surface area contributed by atoms with Gasteiger partial charge in [-0.1, -0.05) is 0 Å². The molecule has 0 saturated carbocycles. The Morgan fingerprint density at radius 2 is 2.24 bits per heavy atom. The number of nitrogens with zero attached hydrogens (tertiary/aromatic N) is 1. The van der Waals surface area contributed by atoms with Crippen molar-refractivity contribution in [2.45, 2.75) is 26.2 Å². The number of hydrogen-bond donors (Lipinski definition) is 2. The fourth-order valence-electron chi connectivity index (χ4n) is 1.77. The molecule has 0 unspecified atom stereocenters. The molecule has 1 aliphatic heterocycles. The summed E-state index contributed by atoms with van der Waals surface area (Å²) in [6.45, 7) is 6.94. The van der Waals surface area contributed by atoms with E-state index in [0.717, 1.165) is 58.8 Å². The van der Waals surface area contributed by atoms with Crippen LogP contribution in [0.15, 0.2) is 4.99 Å². The molecule has 0 radical (unpaired) electrons. The van der Waals surface area contributed by atoms with E-state index in [2.05, 4.69) is 10.3 Å². The Morgan fingerprint density at radius 1 is 1.47 bits per heavy atom. The lowest BCUT2D eigenvalue weighted by Crippen LogP contribution is -2.31. The summed E-state index contributed by atoms with van der Waals surface area (Å²) in [5, 5.41) is 2.96. The molecule has 17 heavy (non-hydrogen) atoms. The second-order valence-electron chi connectivity index (χ2n) is 4.28. The molecule has 1 saturated heterocycles. The van der Waals surface area contributed by atoms with Crippen LogP contribution in [0.2, 0.25) is 0 Å². The maximum Gasteiger partial charge on any atom is 0.188 e. The quantitative estimate of drug-likeness (QED) is 0.393. The monoisotopic (exact) mass is 243 g/mol. The zero-order chi connectivity index (χ0) is 12.3. The molecule has 0 aliphatic carbocycles. The van der Waals surface area contributed by atoms with Crippen molar-refractivity contribution in [1.82, 2.24) is 5.32 Å². The lowest BCUT2D eigenvalue weighted by molar-refractivity contribution is 0.0205. The summed E-state index contributed by atoms with van der Waals surface area (Å²) < 4.78 is 10.9. The van der Waals surface area contributed by atoms with Gasteiger partial charge in [0.1, 0.15) is 0 Å². The largest absolute Gasteiger partial charge is 0.381 e. The second-order valence-corrected chi connectivity index (χ2v) is 4.28. The van der Waals surface area contributed by atoms with Gasteiger partial charge in [-0.3, -0.25) is 4.99 Å². The van der Waals surface area contributed by atoms with Gasteiger partial charge in [0.05, 0.1) is 0 Å². The summed E-state index contributed by atoms with van der Waals surface area (Å²) in [5.41, 5.74) is 5.60. The van der Waals surface area contributed by atoms with Gasteiger partial charge in [0.2, 0.25) is 0 Å². The number of guanidine groups is 1. The van der Waals surface area contributed by atoms with Gasteiger partial charge in [-0.2, -0.15) is 0 Å². The summed E-state index contributed by atoms with van der Waals surface area (Å²) in [4.78, 5) is 4.18. The second kappa shape index (κ2) is 9.24. The van der Waals surface area contributed by atoms with E-state index in [1.807, 2.05) is 6.92 Å². The number of ether oxygens (including phenoxy) is 2. The van der Waals surface area contributed by atoms with E-state index in [1.54, 1.807) is 0 Å². The molecule has 0 aromatic heterocycles. The molecule has 5 nitrogen and oxygen atoms in total. The molecule has 100 valence electrons. The van der Waals surface area contributed by atoms with E-state index in [9.17, 15) is 0 Å². The molecule has 1 heterocycles. The average Bonchev–Trinajstić information content (AvgIpc) is 2.35. The van der Waals surface area contributed by atoms with Gasteiger partial charge in [0.15, 0.2) is 5.96 Å². The molecule has 1 rings (SSSR count). The number of aliphatic imine (C=N–C) groups is 1. The van der Waals surface area contributed by atoms with Crippen LogP contribution in [0.1, 0.15) is 26.2 Å². The molecule has 0 atom stereocenters. The lowest BCUT2D eigenvalue weighted by atomic mass is 10.0. The standard InChI is InChI=1S/C12H25N3O2/c1-2-14-12(13)15-6-3-7-17-10-11-4-8-16-9-5-11/h11H,2-10H2,1H3,(H3,13,14,15). The molecule has 0 aromatic carbocycles. The number of nitrogens with one attached hydrogen (secondary N) is 1. The molecule has 5 heteroatoms. The van der Waals surface area contributed by atoms with E-state index >= 15 is 0 Å². The number of hydrogen-bond acceptors (Lipinski definition) is 3. The van der Waals surface area contributed by atoms with E-state index in [1.165, 1.54) is 0 Å². The van der Waals surface area contributed by atoms with Crippen LogP contribution >= 0.6 is 0 Å². The highest BCUT2D eigenvalue weighted by Gasteiger charge is 2.13. The highest BCUT2D eigenvalue weighted by atomic mass is 16.5. The Kier molecular flexibility index (Phi) is 7.75. The van der Waals surface area contributed by atoms with Crippen molar-refractivity contribution >= 4 is 5.96 Å². The first-order valence-electron chi connectivity index (χ1n) is 6.52. The number of rotatable bonds is 7. The summed E-state index contributed by atoms with van der Waals surface area (Å²) in [6, 6.07) is 0. The highest BCUT2D eigenvalue weighted by Crippen LogP contribution is 2.14. The Morgan fingerprint density at radius 3 is 2.94 bits per heavy atom. The molecular weight excluding hydrogens is 218 g/mol. The average molecular weight is 243 g/mol. The molecule has 1 fully saturated rings. The van der Waals surface area contributed by atoms with Crippen molar-refractivity contribution < 1.29 is 9.47 Å². The number of nitrogens with two attached hydrogens (primary N) is 1. The van der Waals surface area contributed by atoms with Gasteiger partial charge in [0.25, 0.3) is 0 Å². The maximum atomic E-state index is 5.63. The Labute approximate surface area is 104 Å². The highest BCUT2D eigenvalue weighted by molar-refractivity contribution is 5.77. The molecule has 0 aromatic rings. The van der Waals surface area contributed by atoms with Gasteiger partial charge < -0.3 is 20.5 Å². The van der Waals surface area contributed by atoms with Gasteiger partial charge in [-0.15, -0.1) is 0 Å². The van der Waals surface area contributed by atoms with Crippen molar-refractivity contribution in [3.05, 3.63) is 0 Å². The lowest BCUT2D eigenvalue weighted by Gasteiger charge is -2.21. The smallest absolute Gasteiger partial charge is 0.188 e. The van der Waals surface area contributed by atoms with Crippen LogP contribution in [0.25, 0.3) is 0 Å². The van der Waals surface area contributed by atoms with Crippen molar-refractivity contribution in [3.63, 3.8) is 0 Å². The van der Waals surface area contributed by atoms with Crippen LogP contribution in [0.5, 0.6) is 0 Å². The zero-order valence-corrected chi connectivity index (χ0v) is 10.8. The maximum absolute atomic E-state index is 5.63. The normalized spacial score (nSPS) is 18.3. The minimum absolute atomic E-state index is 0.525. The third-order valence-electron chi connectivity index (χ3n) is 2.78. The predicted molar refractivity (Wildman–Crippen MR) is 69.1 cm³/mol. The van der Waals surface area contributed by atoms with Gasteiger partial charge in [-0.25, -0.2) is 0 Å². The first kappa shape index (κ1) is 14.3. The van der Waals surface area contributed by atoms with Gasteiger partial charge >= 0.3 is 0 Å². The van der Waals surface area contributed by atoms with E-state index in [-0.39, 0.29) is 0 Å². The van der Waals surface area contributed by atoms with Crippen LogP contribution in [-0.4, -0.2) is 45.5 Å². The fourth-order valence-corrected chi connectivity index (χ4v) is 1.77. The van der Waals surface area contributed by atoms with Crippen molar-refractivity contribution in [3.8, 4) is 0 Å². The summed E-state index contributed by atoms with van der Waals surface area (Å²) >= 11 is 0. The predicted octanol–water partition coefficient (Wildman–Crippen LogP) is 0.744. The minimum Gasteiger partial charge on any atom is -0.381 e. The van der Waals surface area contributed by atoms with Crippen LogP contribution in [-0.2, 0) is 9.47 Å². The Balaban J connectivity index is 1.91. The molecule has 3 N–H and O–H groups in total. The van der Waals surface area contributed by atoms with E-state index in [0.29, 0.717) is 11.9 Å². The van der Waals surface area contributed by atoms with E-state index in [4.69, 9.17) is 15.2 Å². The first-order valence-corrected chi connectivity index (χ1v) is 6.52. The van der Waals surface area contributed by atoms with Gasteiger partial charge in [0, 0.05) is 39.5 Å². The first-order chi connectivity index (χ1) is 8.33. The fraction of sp³-hybridized carbons (Fsp3) is 0.917. The molecule has 1 aliphatic rings. The molecular formula is C12H25N3O2. The zero-order valence-electron chi connectivity index (χ0n) is 10.8. The SMILES string of the molecule is CCNC(N)=NCCCOCC1CCOCC1. The van der Waals surface area contributed by atoms with Crippen LogP contribution in [0, 0.1) is 5.92 Å². The van der Waals surface area contributed by atoms with Gasteiger partial charge in [-0.05, 0) is 32.1 Å². The molecule has 0 spiro atoms. The minimum atomic E-state index is 0.525. The van der Waals surface area contributed by atoms with E-state index < -0.39 is 0 Å². The molecule has 0 bridgehead atoms. The Bertz CT molecular complexity index is 216. The summed E-state index contributed by atoms with van der Waals surface area (Å²) in [6.07, 6.45) is 3.19. The summed E-state index contributed by atoms with van der Waals surface area (Å²) in [7, 11) is 0. The van der Waals surface area contributed by atoms with Crippen LogP contribution in [0.3, 0.4) is 0 Å².